The number of rotatable bonds is 3. The second-order valence-corrected chi connectivity index (χ2v) is 7.06. The molecular formula is C19H18BFN4O3. The summed E-state index contributed by atoms with van der Waals surface area (Å²) < 4.78 is 12.9. The van der Waals surface area contributed by atoms with Gasteiger partial charge in [0, 0.05) is 6.99 Å². The van der Waals surface area contributed by atoms with Crippen molar-refractivity contribution in [1.82, 2.24) is 14.9 Å². The number of amides is 3. The Morgan fingerprint density at radius 2 is 1.93 bits per heavy atom. The maximum Gasteiger partial charge on any atom is 0.261 e. The molecule has 28 heavy (non-hydrogen) atoms. The molecule has 9 heteroatoms. The number of aromatic nitrogens is 2. The zero-order valence-corrected chi connectivity index (χ0v) is 14.9. The number of hydrogen-bond donors (Lipinski definition) is 1. The summed E-state index contributed by atoms with van der Waals surface area (Å²) >= 11 is 0. The number of benzene rings is 1. The second-order valence-electron chi connectivity index (χ2n) is 7.06. The molecule has 3 amide bonds. The highest BCUT2D eigenvalue weighted by Gasteiger charge is 2.52. The Labute approximate surface area is 163 Å². The van der Waals surface area contributed by atoms with E-state index >= 15 is 0 Å². The Hall–Kier alpha value is -3.10. The minimum absolute atomic E-state index is 0. The van der Waals surface area contributed by atoms with Crippen LogP contribution >= 0.6 is 0 Å². The molecule has 1 saturated carbocycles. The fraction of sp³-hybridized carbons (Fsp3) is 0.316. The third-order valence-electron chi connectivity index (χ3n) is 5.32. The molecule has 142 valence electrons. The Morgan fingerprint density at radius 3 is 2.61 bits per heavy atom. The zero-order chi connectivity index (χ0) is 19.9. The lowest BCUT2D eigenvalue weighted by molar-refractivity contribution is -0.137. The van der Waals surface area contributed by atoms with Gasteiger partial charge in [0.15, 0.2) is 5.82 Å². The highest BCUT2D eigenvalue weighted by Crippen LogP contribution is 2.46. The fourth-order valence-corrected chi connectivity index (χ4v) is 4.05. The molecule has 2 aliphatic rings. The molecule has 1 aliphatic carbocycles. The summed E-state index contributed by atoms with van der Waals surface area (Å²) in [6.45, 7) is -0.468. The quantitative estimate of drug-likeness (QED) is 0.636. The summed E-state index contributed by atoms with van der Waals surface area (Å²) in [4.78, 5) is 46.8. The Balaban J connectivity index is 0.00000240. The predicted octanol–water partition coefficient (Wildman–Crippen LogP) is 1.09. The maximum absolute atomic E-state index is 13.3. The van der Waals surface area contributed by atoms with Crippen LogP contribution in [0.2, 0.25) is 0 Å². The van der Waals surface area contributed by atoms with Gasteiger partial charge in [0.1, 0.15) is 14.4 Å². The van der Waals surface area contributed by atoms with E-state index in [-0.39, 0.29) is 13.3 Å². The molecule has 1 fully saturated rings. The monoisotopic (exact) mass is 380 g/mol. The van der Waals surface area contributed by atoms with Crippen LogP contribution in [-0.2, 0) is 15.0 Å². The van der Waals surface area contributed by atoms with Gasteiger partial charge in [-0.1, -0.05) is 30.4 Å². The number of fused-ring (bicyclic) bond motifs is 2. The highest BCUT2D eigenvalue weighted by atomic mass is 19.1. The average molecular weight is 380 g/mol. The van der Waals surface area contributed by atoms with Gasteiger partial charge in [0.25, 0.3) is 5.91 Å². The number of anilines is 1. The first-order chi connectivity index (χ1) is 13.4. The van der Waals surface area contributed by atoms with Gasteiger partial charge in [-0.25, -0.2) is 14.4 Å². The summed E-state index contributed by atoms with van der Waals surface area (Å²) in [6.07, 6.45) is 4.75. The third kappa shape index (κ3) is 2.96. The third-order valence-corrected chi connectivity index (χ3v) is 5.32. The summed E-state index contributed by atoms with van der Waals surface area (Å²) in [5, 5.41) is 2.38. The summed E-state index contributed by atoms with van der Waals surface area (Å²) in [7, 11) is 5.89. The van der Waals surface area contributed by atoms with Crippen molar-refractivity contribution < 1.29 is 20.2 Å². The van der Waals surface area contributed by atoms with Crippen LogP contribution in [-0.4, -0.2) is 47.0 Å². The number of carbonyl (C=O) groups is 3. The van der Waals surface area contributed by atoms with Gasteiger partial charge in [0.2, 0.25) is 17.8 Å². The van der Waals surface area contributed by atoms with Crippen molar-refractivity contribution in [1.29, 1.82) is 0 Å². The van der Waals surface area contributed by atoms with E-state index in [1.807, 2.05) is 0 Å². The van der Waals surface area contributed by atoms with Crippen molar-refractivity contribution in [2.45, 2.75) is 31.1 Å². The van der Waals surface area contributed by atoms with Gasteiger partial charge in [0.05, 0.1) is 17.8 Å². The van der Waals surface area contributed by atoms with E-state index in [2.05, 4.69) is 15.3 Å². The predicted molar refractivity (Wildman–Crippen MR) is 101 cm³/mol. The van der Waals surface area contributed by atoms with Crippen LogP contribution < -0.4 is 10.8 Å². The van der Waals surface area contributed by atoms with E-state index in [9.17, 15) is 18.8 Å². The SMILES string of the molecule is [B]c1ccc2c(c1)C1(CCCC1)C(=O)N(CC(=O)Nc1ncc(F)cn1)C2=O.[HH]. The van der Waals surface area contributed by atoms with Gasteiger partial charge >= 0.3 is 0 Å². The molecule has 1 aromatic carbocycles. The van der Waals surface area contributed by atoms with E-state index in [0.717, 1.165) is 30.1 Å². The van der Waals surface area contributed by atoms with Crippen LogP contribution in [0.3, 0.4) is 0 Å². The minimum atomic E-state index is -0.828. The van der Waals surface area contributed by atoms with E-state index in [4.69, 9.17) is 7.85 Å². The van der Waals surface area contributed by atoms with Crippen molar-refractivity contribution >= 4 is 37.0 Å². The molecule has 0 saturated heterocycles. The molecule has 0 atom stereocenters. The molecule has 1 spiro atoms. The molecule has 2 heterocycles. The molecule has 0 bridgehead atoms. The van der Waals surface area contributed by atoms with Crippen LogP contribution in [0.15, 0.2) is 30.6 Å². The van der Waals surface area contributed by atoms with Gasteiger partial charge in [-0.2, -0.15) is 0 Å². The number of imide groups is 1. The topological polar surface area (TPSA) is 92.3 Å². The van der Waals surface area contributed by atoms with Crippen LogP contribution in [0, 0.1) is 5.82 Å². The van der Waals surface area contributed by atoms with Crippen molar-refractivity contribution in [2.75, 3.05) is 11.9 Å². The number of carbonyl (C=O) groups excluding carboxylic acids is 3. The summed E-state index contributed by atoms with van der Waals surface area (Å²) in [6, 6.07) is 4.91. The van der Waals surface area contributed by atoms with E-state index in [1.165, 1.54) is 0 Å². The molecule has 1 N–H and O–H groups in total. The summed E-state index contributed by atoms with van der Waals surface area (Å²) in [5.41, 5.74) is 0.705. The molecular weight excluding hydrogens is 362 g/mol. The zero-order valence-electron chi connectivity index (χ0n) is 14.9. The molecule has 2 radical (unpaired) electrons. The standard InChI is InChI=1S/C19H16BFN4O3.H2/c20-11-3-4-13-14(7-11)19(5-1-2-6-19)17(28)25(16(13)27)10-15(26)24-18-22-8-12(21)9-23-18;/h3-4,7-9H,1-2,5-6,10H2,(H,22,23,24,26);1H. The van der Waals surface area contributed by atoms with Crippen LogP contribution in [0.5, 0.6) is 0 Å². The Morgan fingerprint density at radius 1 is 1.25 bits per heavy atom. The van der Waals surface area contributed by atoms with Crippen molar-refractivity contribution in [2.24, 2.45) is 0 Å². The second kappa shape index (κ2) is 6.81. The first-order valence-corrected chi connectivity index (χ1v) is 8.94. The number of halogens is 1. The van der Waals surface area contributed by atoms with Crippen molar-refractivity contribution in [3.05, 3.63) is 47.5 Å². The normalized spacial score (nSPS) is 17.7. The molecule has 2 aromatic rings. The van der Waals surface area contributed by atoms with Gasteiger partial charge in [-0.15, -0.1) is 0 Å². The minimum Gasteiger partial charge on any atom is -0.293 e. The molecule has 1 aliphatic heterocycles. The molecule has 0 unspecified atom stereocenters. The summed E-state index contributed by atoms with van der Waals surface area (Å²) in [5.74, 6) is -2.30. The Bertz CT molecular complexity index is 980. The first kappa shape index (κ1) is 18.3. The fourth-order valence-electron chi connectivity index (χ4n) is 4.05. The highest BCUT2D eigenvalue weighted by molar-refractivity contribution is 6.32. The maximum atomic E-state index is 13.3. The lowest BCUT2D eigenvalue weighted by atomic mass is 9.71. The first-order valence-electron chi connectivity index (χ1n) is 8.94. The van der Waals surface area contributed by atoms with Gasteiger partial charge in [-0.05, 0) is 24.5 Å². The van der Waals surface area contributed by atoms with Gasteiger partial charge < -0.3 is 0 Å². The lowest BCUT2D eigenvalue weighted by Gasteiger charge is -2.39. The van der Waals surface area contributed by atoms with E-state index < -0.39 is 29.6 Å². The Kier molecular flexibility index (Phi) is 4.45. The van der Waals surface area contributed by atoms with E-state index in [0.29, 0.717) is 29.4 Å². The molecule has 7 nitrogen and oxygen atoms in total. The average Bonchev–Trinajstić information content (AvgIpc) is 3.17. The smallest absolute Gasteiger partial charge is 0.261 e. The van der Waals surface area contributed by atoms with Crippen molar-refractivity contribution in [3.8, 4) is 0 Å². The van der Waals surface area contributed by atoms with Crippen LogP contribution in [0.4, 0.5) is 10.3 Å². The van der Waals surface area contributed by atoms with Crippen LogP contribution in [0.25, 0.3) is 0 Å². The number of nitrogens with zero attached hydrogens (tertiary/aromatic N) is 3. The number of hydrogen-bond acceptors (Lipinski definition) is 5. The number of nitrogens with one attached hydrogen (secondary N) is 1. The lowest BCUT2D eigenvalue weighted by Crippen LogP contribution is -2.55. The molecule has 4 rings (SSSR count). The largest absolute Gasteiger partial charge is 0.293 e. The van der Waals surface area contributed by atoms with E-state index in [1.54, 1.807) is 18.2 Å². The van der Waals surface area contributed by atoms with Crippen molar-refractivity contribution in [3.63, 3.8) is 0 Å². The van der Waals surface area contributed by atoms with Crippen LogP contribution in [0.1, 0.15) is 43.0 Å². The molecule has 1 aromatic heterocycles. The van der Waals surface area contributed by atoms with Gasteiger partial charge in [-0.3, -0.25) is 24.6 Å².